The molecule has 6 heteroatoms. The van der Waals surface area contributed by atoms with Crippen molar-refractivity contribution in [1.29, 1.82) is 0 Å². The second-order valence-corrected chi connectivity index (χ2v) is 5.40. The van der Waals surface area contributed by atoms with E-state index < -0.39 is 5.54 Å². The predicted octanol–water partition coefficient (Wildman–Crippen LogP) is 1.49. The highest BCUT2D eigenvalue weighted by molar-refractivity contribution is 6.07. The van der Waals surface area contributed by atoms with Crippen molar-refractivity contribution in [2.75, 3.05) is 12.4 Å². The second kappa shape index (κ2) is 4.77. The van der Waals surface area contributed by atoms with Crippen LogP contribution in [0.4, 0.5) is 10.5 Å². The van der Waals surface area contributed by atoms with Crippen LogP contribution in [0.1, 0.15) is 31.4 Å². The van der Waals surface area contributed by atoms with Gasteiger partial charge in [0.05, 0.1) is 12.2 Å². The molecule has 106 valence electrons. The van der Waals surface area contributed by atoms with Crippen molar-refractivity contribution in [3.63, 3.8) is 0 Å². The fourth-order valence-corrected chi connectivity index (χ4v) is 3.02. The number of anilines is 1. The smallest absolute Gasteiger partial charge is 0.325 e. The van der Waals surface area contributed by atoms with Crippen molar-refractivity contribution in [1.82, 2.24) is 15.2 Å². The highest BCUT2D eigenvalue weighted by atomic mass is 16.2. The molecule has 1 spiro atoms. The van der Waals surface area contributed by atoms with E-state index in [-0.39, 0.29) is 18.5 Å². The van der Waals surface area contributed by atoms with Crippen LogP contribution in [0.2, 0.25) is 0 Å². The summed E-state index contributed by atoms with van der Waals surface area (Å²) in [6.07, 6.45) is 5.15. The molecule has 3 amide bonds. The molecular weight excluding hydrogens is 256 g/mol. The quantitative estimate of drug-likeness (QED) is 0.819. The maximum atomic E-state index is 12.5. The van der Waals surface area contributed by atoms with Gasteiger partial charge in [0.1, 0.15) is 5.54 Å². The predicted molar refractivity (Wildman–Crippen MR) is 74.1 cm³/mol. The molecule has 20 heavy (non-hydrogen) atoms. The highest BCUT2D eigenvalue weighted by Crippen LogP contribution is 2.35. The minimum absolute atomic E-state index is 0.100. The molecule has 2 heterocycles. The van der Waals surface area contributed by atoms with Gasteiger partial charge in [-0.25, -0.2) is 4.79 Å². The van der Waals surface area contributed by atoms with E-state index in [1.165, 1.54) is 4.90 Å². The largest absolute Gasteiger partial charge is 0.388 e. The third kappa shape index (κ3) is 2.01. The minimum atomic E-state index is -0.641. The Labute approximate surface area is 117 Å². The normalized spacial score (nSPS) is 20.6. The molecule has 1 saturated heterocycles. The monoisotopic (exact) mass is 274 g/mol. The molecule has 1 aromatic heterocycles. The van der Waals surface area contributed by atoms with Crippen LogP contribution in [0.3, 0.4) is 0 Å². The minimum Gasteiger partial charge on any atom is -0.388 e. The molecule has 0 unspecified atom stereocenters. The molecular formula is C14H18N4O2. The lowest BCUT2D eigenvalue weighted by molar-refractivity contribution is -0.131. The molecule has 2 aliphatic rings. The van der Waals surface area contributed by atoms with Gasteiger partial charge in [0, 0.05) is 18.9 Å². The van der Waals surface area contributed by atoms with Crippen LogP contribution in [0.25, 0.3) is 0 Å². The van der Waals surface area contributed by atoms with Gasteiger partial charge in [0.2, 0.25) is 0 Å². The number of hydrogen-bond donors (Lipinski definition) is 2. The van der Waals surface area contributed by atoms with Crippen molar-refractivity contribution in [3.8, 4) is 0 Å². The van der Waals surface area contributed by atoms with Crippen molar-refractivity contribution < 1.29 is 9.59 Å². The van der Waals surface area contributed by atoms with Gasteiger partial charge in [-0.2, -0.15) is 0 Å². The number of nitrogens with zero attached hydrogens (tertiary/aromatic N) is 2. The van der Waals surface area contributed by atoms with E-state index >= 15 is 0 Å². The SMILES string of the molecule is CNc1ccnc(CN2C(=O)NC3(CCCC3)C2=O)c1. The van der Waals surface area contributed by atoms with Gasteiger partial charge in [0.15, 0.2) is 0 Å². The lowest BCUT2D eigenvalue weighted by atomic mass is 9.98. The standard InChI is InChI=1S/C14H18N4O2/c1-15-10-4-7-16-11(8-10)9-18-12(19)14(17-13(18)20)5-2-3-6-14/h4,7-8H,2-3,5-6,9H2,1H3,(H,15,16)(H,17,20). The lowest BCUT2D eigenvalue weighted by Crippen LogP contribution is -2.44. The van der Waals surface area contributed by atoms with E-state index in [2.05, 4.69) is 15.6 Å². The summed E-state index contributed by atoms with van der Waals surface area (Å²) in [6.45, 7) is 0.224. The number of aromatic nitrogens is 1. The van der Waals surface area contributed by atoms with Crippen LogP contribution in [0.5, 0.6) is 0 Å². The van der Waals surface area contributed by atoms with Gasteiger partial charge in [0.25, 0.3) is 5.91 Å². The van der Waals surface area contributed by atoms with Crippen molar-refractivity contribution in [2.24, 2.45) is 0 Å². The Morgan fingerprint density at radius 1 is 1.40 bits per heavy atom. The van der Waals surface area contributed by atoms with E-state index in [1.807, 2.05) is 19.2 Å². The van der Waals surface area contributed by atoms with Gasteiger partial charge < -0.3 is 10.6 Å². The van der Waals surface area contributed by atoms with E-state index in [0.717, 1.165) is 31.4 Å². The summed E-state index contributed by atoms with van der Waals surface area (Å²) < 4.78 is 0. The van der Waals surface area contributed by atoms with Crippen LogP contribution >= 0.6 is 0 Å². The van der Waals surface area contributed by atoms with Crippen LogP contribution in [-0.4, -0.2) is 34.4 Å². The molecule has 0 bridgehead atoms. The molecule has 1 saturated carbocycles. The van der Waals surface area contributed by atoms with Gasteiger partial charge in [-0.05, 0) is 25.0 Å². The number of pyridine rings is 1. The van der Waals surface area contributed by atoms with Crippen LogP contribution < -0.4 is 10.6 Å². The fraction of sp³-hybridized carbons (Fsp3) is 0.500. The van der Waals surface area contributed by atoms with Gasteiger partial charge in [-0.1, -0.05) is 12.8 Å². The zero-order valence-electron chi connectivity index (χ0n) is 11.5. The molecule has 3 rings (SSSR count). The molecule has 1 aromatic rings. The number of amides is 3. The van der Waals surface area contributed by atoms with E-state index in [9.17, 15) is 9.59 Å². The van der Waals surface area contributed by atoms with Crippen LogP contribution in [0.15, 0.2) is 18.3 Å². The molecule has 1 aliphatic carbocycles. The molecule has 0 atom stereocenters. The summed E-state index contributed by atoms with van der Waals surface area (Å²) in [5.74, 6) is -0.100. The first-order valence-electron chi connectivity index (χ1n) is 6.91. The Morgan fingerprint density at radius 3 is 2.85 bits per heavy atom. The molecule has 0 radical (unpaired) electrons. The summed E-state index contributed by atoms with van der Waals surface area (Å²) in [7, 11) is 1.82. The third-order valence-corrected chi connectivity index (χ3v) is 4.13. The van der Waals surface area contributed by atoms with E-state index in [4.69, 9.17) is 0 Å². The van der Waals surface area contributed by atoms with Crippen LogP contribution in [0, 0.1) is 0 Å². The number of imide groups is 1. The van der Waals surface area contributed by atoms with Gasteiger partial charge in [-0.15, -0.1) is 0 Å². The van der Waals surface area contributed by atoms with Gasteiger partial charge >= 0.3 is 6.03 Å². The Balaban J connectivity index is 1.80. The zero-order chi connectivity index (χ0) is 14.2. The Morgan fingerprint density at radius 2 is 2.15 bits per heavy atom. The third-order valence-electron chi connectivity index (χ3n) is 4.13. The number of urea groups is 1. The maximum absolute atomic E-state index is 12.5. The summed E-state index contributed by atoms with van der Waals surface area (Å²) in [5, 5.41) is 5.89. The highest BCUT2D eigenvalue weighted by Gasteiger charge is 2.52. The van der Waals surface area contributed by atoms with E-state index in [0.29, 0.717) is 5.69 Å². The first-order chi connectivity index (χ1) is 9.64. The van der Waals surface area contributed by atoms with Gasteiger partial charge in [-0.3, -0.25) is 14.7 Å². The number of hydrogen-bond acceptors (Lipinski definition) is 4. The van der Waals surface area contributed by atoms with Crippen molar-refractivity contribution in [3.05, 3.63) is 24.0 Å². The summed E-state index contributed by atoms with van der Waals surface area (Å²) in [5.41, 5.74) is 0.977. The zero-order valence-corrected chi connectivity index (χ0v) is 11.5. The first-order valence-corrected chi connectivity index (χ1v) is 6.91. The Kier molecular flexibility index (Phi) is 3.08. The molecule has 6 nitrogen and oxygen atoms in total. The lowest BCUT2D eigenvalue weighted by Gasteiger charge is -2.19. The average Bonchev–Trinajstić information content (AvgIpc) is 3.01. The van der Waals surface area contributed by atoms with Crippen molar-refractivity contribution in [2.45, 2.75) is 37.8 Å². The number of nitrogens with one attached hydrogen (secondary N) is 2. The number of rotatable bonds is 3. The Bertz CT molecular complexity index is 552. The average molecular weight is 274 g/mol. The molecule has 2 N–H and O–H groups in total. The molecule has 0 aromatic carbocycles. The van der Waals surface area contributed by atoms with Crippen LogP contribution in [-0.2, 0) is 11.3 Å². The van der Waals surface area contributed by atoms with E-state index in [1.54, 1.807) is 6.20 Å². The topological polar surface area (TPSA) is 74.3 Å². The summed E-state index contributed by atoms with van der Waals surface area (Å²) in [6, 6.07) is 3.39. The number of carbonyl (C=O) groups excluding carboxylic acids is 2. The fourth-order valence-electron chi connectivity index (χ4n) is 3.02. The molecule has 1 aliphatic heterocycles. The Hall–Kier alpha value is -2.11. The number of carbonyl (C=O) groups is 2. The summed E-state index contributed by atoms with van der Waals surface area (Å²) >= 11 is 0. The molecule has 2 fully saturated rings. The second-order valence-electron chi connectivity index (χ2n) is 5.40. The first kappa shape index (κ1) is 12.9. The summed E-state index contributed by atoms with van der Waals surface area (Å²) in [4.78, 5) is 30.1. The van der Waals surface area contributed by atoms with Crippen molar-refractivity contribution >= 4 is 17.6 Å². The maximum Gasteiger partial charge on any atom is 0.325 e.